The van der Waals surface area contributed by atoms with E-state index >= 15 is 0 Å². The normalized spacial score (nSPS) is 19.1. The fraction of sp³-hybridized carbons (Fsp3) is 0.353. The first-order chi connectivity index (χ1) is 22.8. The number of anilines is 1. The topological polar surface area (TPSA) is 145 Å². The maximum atomic E-state index is 13.0. The average Bonchev–Trinajstić information content (AvgIpc) is 3.60. The Balaban J connectivity index is 1.17. The summed E-state index contributed by atoms with van der Waals surface area (Å²) >= 11 is 0. The van der Waals surface area contributed by atoms with Crippen LogP contribution in [0.3, 0.4) is 0 Å². The van der Waals surface area contributed by atoms with Crippen LogP contribution in [0.4, 0.5) is 5.95 Å². The van der Waals surface area contributed by atoms with Crippen LogP contribution < -0.4 is 20.1 Å². The molecule has 0 bridgehead atoms. The van der Waals surface area contributed by atoms with E-state index in [0.29, 0.717) is 35.2 Å². The molecule has 3 N–H and O–H groups in total. The number of esters is 1. The van der Waals surface area contributed by atoms with Crippen molar-refractivity contribution in [2.75, 3.05) is 18.9 Å². The van der Waals surface area contributed by atoms with Crippen LogP contribution >= 0.6 is 8.53 Å². The summed E-state index contributed by atoms with van der Waals surface area (Å²) in [6.07, 6.45) is 0.0949. The summed E-state index contributed by atoms with van der Waals surface area (Å²) in [5.41, 5.74) is 8.03. The summed E-state index contributed by atoms with van der Waals surface area (Å²) < 4.78 is 32.6. The zero-order valence-electron chi connectivity index (χ0n) is 26.8. The number of imidazole rings is 1. The van der Waals surface area contributed by atoms with Crippen molar-refractivity contribution in [3.05, 3.63) is 84.2 Å². The third-order valence-electron chi connectivity index (χ3n) is 7.88. The van der Waals surface area contributed by atoms with Crippen LogP contribution in [0.25, 0.3) is 21.9 Å². The fourth-order valence-electron chi connectivity index (χ4n) is 5.63. The number of nitrogens with zero attached hydrogens (tertiary/aromatic N) is 4. The molecular formula is C34H39N6O6P. The maximum Gasteiger partial charge on any atom is 0.323 e. The van der Waals surface area contributed by atoms with Gasteiger partial charge in [0.2, 0.25) is 11.8 Å². The Morgan fingerprint density at radius 3 is 2.66 bits per heavy atom. The molecule has 1 saturated heterocycles. The van der Waals surface area contributed by atoms with E-state index < -0.39 is 20.5 Å². The van der Waals surface area contributed by atoms with E-state index in [2.05, 4.69) is 27.0 Å². The Morgan fingerprint density at radius 2 is 1.85 bits per heavy atom. The molecule has 2 aromatic heterocycles. The molecule has 5 aromatic rings. The SMILES string of the molecule is CCOc1nc(N)nc2c1nc(C)n2C1OC(COP(NC(C)C(=O)OCc2ccccc2)Oc2cccc3ccccc23)CC1C. The first kappa shape index (κ1) is 32.6. The average molecular weight is 659 g/mol. The lowest BCUT2D eigenvalue weighted by atomic mass is 10.1. The third-order valence-corrected chi connectivity index (χ3v) is 9.22. The van der Waals surface area contributed by atoms with Crippen molar-refractivity contribution in [2.24, 2.45) is 5.92 Å². The molecular weight excluding hydrogens is 619 g/mol. The number of benzene rings is 3. The van der Waals surface area contributed by atoms with E-state index in [1.54, 1.807) is 6.92 Å². The first-order valence-corrected chi connectivity index (χ1v) is 16.8. The highest BCUT2D eigenvalue weighted by Crippen LogP contribution is 2.42. The van der Waals surface area contributed by atoms with E-state index in [9.17, 15) is 4.79 Å². The van der Waals surface area contributed by atoms with Crippen LogP contribution in [0.2, 0.25) is 0 Å². The lowest BCUT2D eigenvalue weighted by molar-refractivity contribution is -0.146. The molecule has 5 unspecified atom stereocenters. The van der Waals surface area contributed by atoms with Gasteiger partial charge in [-0.2, -0.15) is 9.97 Å². The smallest absolute Gasteiger partial charge is 0.323 e. The number of aromatic nitrogens is 4. The molecule has 47 heavy (non-hydrogen) atoms. The molecule has 0 saturated carbocycles. The maximum absolute atomic E-state index is 13.0. The van der Waals surface area contributed by atoms with E-state index in [1.165, 1.54) is 0 Å². The third kappa shape index (κ3) is 7.47. The Morgan fingerprint density at radius 1 is 1.09 bits per heavy atom. The lowest BCUT2D eigenvalue weighted by Crippen LogP contribution is -2.34. The molecule has 5 atom stereocenters. The summed E-state index contributed by atoms with van der Waals surface area (Å²) in [7, 11) is -1.79. The summed E-state index contributed by atoms with van der Waals surface area (Å²) in [6, 6.07) is 22.7. The molecule has 1 aliphatic rings. The predicted molar refractivity (Wildman–Crippen MR) is 180 cm³/mol. The van der Waals surface area contributed by atoms with Crippen LogP contribution in [0.5, 0.6) is 11.6 Å². The van der Waals surface area contributed by atoms with E-state index in [0.717, 1.165) is 22.8 Å². The van der Waals surface area contributed by atoms with Crippen LogP contribution in [-0.2, 0) is 25.4 Å². The number of carbonyl (C=O) groups is 1. The number of rotatable bonds is 13. The number of hydrogen-bond donors (Lipinski definition) is 2. The van der Waals surface area contributed by atoms with E-state index in [4.69, 9.17) is 29.0 Å². The van der Waals surface area contributed by atoms with Gasteiger partial charge in [0.1, 0.15) is 30.5 Å². The molecule has 12 nitrogen and oxygen atoms in total. The summed E-state index contributed by atoms with van der Waals surface area (Å²) in [6.45, 7) is 8.45. The number of nitrogens with two attached hydrogens (primary N) is 1. The van der Waals surface area contributed by atoms with Crippen molar-refractivity contribution >= 4 is 42.4 Å². The Kier molecular flexibility index (Phi) is 10.1. The molecule has 1 aliphatic heterocycles. The van der Waals surface area contributed by atoms with Gasteiger partial charge in [0, 0.05) is 11.3 Å². The zero-order valence-corrected chi connectivity index (χ0v) is 27.7. The lowest BCUT2D eigenvalue weighted by Gasteiger charge is -2.24. The summed E-state index contributed by atoms with van der Waals surface area (Å²) in [5, 5.41) is 5.20. The number of carbonyl (C=O) groups excluding carboxylic acids is 1. The first-order valence-electron chi connectivity index (χ1n) is 15.7. The van der Waals surface area contributed by atoms with Crippen LogP contribution in [-0.4, -0.2) is 50.8 Å². The molecule has 6 rings (SSSR count). The van der Waals surface area contributed by atoms with Crippen LogP contribution in [0.15, 0.2) is 72.8 Å². The highest BCUT2D eigenvalue weighted by Gasteiger charge is 2.37. The van der Waals surface area contributed by atoms with Gasteiger partial charge < -0.3 is 29.0 Å². The van der Waals surface area contributed by atoms with Gasteiger partial charge in [-0.15, -0.1) is 0 Å². The standard InChI is InChI=1S/C34H39N6O6P/c1-5-42-31-29-30(37-34(35)38-31)40(23(4)36-29)32-21(2)18-26(45-32)20-44-47(46-28-17-11-15-25-14-9-10-16-27(25)28)39-22(3)33(41)43-19-24-12-7-6-8-13-24/h6-17,21-22,26,32,39H,5,18-20H2,1-4H3,(H2,35,37,38). The van der Waals surface area contributed by atoms with Gasteiger partial charge in [0.25, 0.3) is 0 Å². The van der Waals surface area contributed by atoms with Gasteiger partial charge in [-0.05, 0) is 44.2 Å². The number of nitrogens with one attached hydrogen (secondary N) is 1. The van der Waals surface area contributed by atoms with Crippen LogP contribution in [0, 0.1) is 12.8 Å². The molecule has 0 spiro atoms. The van der Waals surface area contributed by atoms with Crippen molar-refractivity contribution in [3.8, 4) is 11.6 Å². The molecule has 246 valence electrons. The number of aryl methyl sites for hydroxylation is 1. The number of fused-ring (bicyclic) bond motifs is 2. The van der Waals surface area contributed by atoms with Gasteiger partial charge in [-0.1, -0.05) is 73.7 Å². The zero-order chi connectivity index (χ0) is 32.9. The van der Waals surface area contributed by atoms with Gasteiger partial charge in [0.05, 0.1) is 19.3 Å². The Bertz CT molecular complexity index is 1830. The second-order valence-electron chi connectivity index (χ2n) is 11.4. The van der Waals surface area contributed by atoms with Gasteiger partial charge in [-0.25, -0.2) is 10.1 Å². The molecule has 0 aliphatic carbocycles. The summed E-state index contributed by atoms with van der Waals surface area (Å²) in [4.78, 5) is 26.4. The predicted octanol–water partition coefficient (Wildman–Crippen LogP) is 6.24. The molecule has 13 heteroatoms. The number of ether oxygens (including phenoxy) is 3. The molecule has 1 fully saturated rings. The minimum atomic E-state index is -1.79. The molecule has 3 heterocycles. The molecule has 3 aromatic carbocycles. The fourth-order valence-corrected chi connectivity index (χ4v) is 6.87. The second kappa shape index (κ2) is 14.6. The minimum absolute atomic E-state index is 0.103. The summed E-state index contributed by atoms with van der Waals surface area (Å²) in [5.74, 6) is 1.51. The largest absolute Gasteiger partial charge is 0.476 e. The van der Waals surface area contributed by atoms with E-state index in [-0.39, 0.29) is 37.4 Å². The van der Waals surface area contributed by atoms with Gasteiger partial charge >= 0.3 is 14.5 Å². The van der Waals surface area contributed by atoms with Crippen molar-refractivity contribution in [1.82, 2.24) is 24.6 Å². The number of nitrogen functional groups attached to an aromatic ring is 1. The van der Waals surface area contributed by atoms with Crippen LogP contribution in [0.1, 0.15) is 44.8 Å². The monoisotopic (exact) mass is 658 g/mol. The minimum Gasteiger partial charge on any atom is -0.476 e. The highest BCUT2D eigenvalue weighted by atomic mass is 31.2. The Labute approximate surface area is 274 Å². The second-order valence-corrected chi connectivity index (χ2v) is 12.7. The van der Waals surface area contributed by atoms with Gasteiger partial charge in [-0.3, -0.25) is 9.36 Å². The van der Waals surface area contributed by atoms with Crippen molar-refractivity contribution in [1.29, 1.82) is 0 Å². The quantitative estimate of drug-likeness (QED) is 0.110. The number of hydrogen-bond acceptors (Lipinski definition) is 11. The molecule has 0 amide bonds. The van der Waals surface area contributed by atoms with Crippen molar-refractivity contribution < 1.29 is 28.1 Å². The van der Waals surface area contributed by atoms with E-state index in [1.807, 2.05) is 91.2 Å². The van der Waals surface area contributed by atoms with Crippen molar-refractivity contribution in [2.45, 2.75) is 59.1 Å². The van der Waals surface area contributed by atoms with Gasteiger partial charge in [0.15, 0.2) is 11.2 Å². The Hall–Kier alpha value is -4.35. The highest BCUT2D eigenvalue weighted by molar-refractivity contribution is 7.45. The molecule has 0 radical (unpaired) electrons. The van der Waals surface area contributed by atoms with Crippen molar-refractivity contribution in [3.63, 3.8) is 0 Å².